The zero-order chi connectivity index (χ0) is 13.4. The van der Waals surface area contributed by atoms with E-state index >= 15 is 0 Å². The molecule has 3 aromatic rings. The van der Waals surface area contributed by atoms with Crippen molar-refractivity contribution in [1.29, 1.82) is 0 Å². The maximum Gasteiger partial charge on any atom is 0.336 e. The number of carbonyl (C=O) groups is 1. The second kappa shape index (κ2) is 4.37. The average Bonchev–Trinajstić information content (AvgIpc) is 2.81. The van der Waals surface area contributed by atoms with Crippen molar-refractivity contribution in [3.8, 4) is 16.3 Å². The predicted molar refractivity (Wildman–Crippen MR) is 73.7 cm³/mol. The van der Waals surface area contributed by atoms with Gasteiger partial charge in [-0.1, -0.05) is 12.1 Å². The third-order valence-electron chi connectivity index (χ3n) is 2.76. The van der Waals surface area contributed by atoms with Gasteiger partial charge in [-0.3, -0.25) is 0 Å². The fourth-order valence-corrected chi connectivity index (χ4v) is 2.88. The molecule has 0 saturated carbocycles. The first-order chi connectivity index (χ1) is 9.15. The number of benzene rings is 2. The zero-order valence-electron chi connectivity index (χ0n) is 9.70. The van der Waals surface area contributed by atoms with E-state index in [4.69, 9.17) is 0 Å². The van der Waals surface area contributed by atoms with E-state index in [1.54, 1.807) is 0 Å². The van der Waals surface area contributed by atoms with Crippen LogP contribution in [0.1, 0.15) is 10.4 Å². The van der Waals surface area contributed by atoms with E-state index in [0.29, 0.717) is 10.6 Å². The largest absolute Gasteiger partial charge is 0.508 e. The number of hydrogen-bond acceptors (Lipinski definition) is 4. The van der Waals surface area contributed by atoms with Gasteiger partial charge in [0, 0.05) is 5.56 Å². The van der Waals surface area contributed by atoms with Gasteiger partial charge in [-0.05, 0) is 30.3 Å². The molecule has 1 aromatic heterocycles. The molecule has 0 saturated heterocycles. The highest BCUT2D eigenvalue weighted by atomic mass is 32.1. The topological polar surface area (TPSA) is 70.4 Å². The molecule has 4 nitrogen and oxygen atoms in total. The van der Waals surface area contributed by atoms with E-state index in [1.807, 2.05) is 24.3 Å². The number of fused-ring (bicyclic) bond motifs is 1. The Morgan fingerprint density at radius 3 is 2.68 bits per heavy atom. The van der Waals surface area contributed by atoms with Crippen LogP contribution in [0.5, 0.6) is 5.75 Å². The van der Waals surface area contributed by atoms with Crippen molar-refractivity contribution in [1.82, 2.24) is 4.98 Å². The lowest BCUT2D eigenvalue weighted by molar-refractivity contribution is 0.0697. The molecule has 2 N–H and O–H groups in total. The number of hydrogen-bond donors (Lipinski definition) is 2. The van der Waals surface area contributed by atoms with Crippen LogP contribution in [0.15, 0.2) is 42.5 Å². The van der Waals surface area contributed by atoms with Gasteiger partial charge in [0.2, 0.25) is 0 Å². The molecule has 0 aliphatic rings. The molecule has 0 aliphatic carbocycles. The fraction of sp³-hybridized carbons (Fsp3) is 0. The molecule has 0 bridgehead atoms. The molecule has 0 atom stereocenters. The van der Waals surface area contributed by atoms with Gasteiger partial charge in [0.15, 0.2) is 0 Å². The van der Waals surface area contributed by atoms with Crippen LogP contribution in [0.25, 0.3) is 20.8 Å². The number of carboxylic acids is 1. The molecule has 1 heterocycles. The summed E-state index contributed by atoms with van der Waals surface area (Å²) in [5.41, 5.74) is 1.40. The zero-order valence-corrected chi connectivity index (χ0v) is 10.5. The summed E-state index contributed by atoms with van der Waals surface area (Å²) < 4.78 is 0.984. The summed E-state index contributed by atoms with van der Waals surface area (Å²) in [6.45, 7) is 0. The first kappa shape index (κ1) is 11.7. The highest BCUT2D eigenvalue weighted by molar-refractivity contribution is 7.21. The second-order valence-corrected chi connectivity index (χ2v) is 5.05. The van der Waals surface area contributed by atoms with Crippen molar-refractivity contribution >= 4 is 27.5 Å². The molecule has 0 spiro atoms. The van der Waals surface area contributed by atoms with E-state index in [9.17, 15) is 15.0 Å². The van der Waals surface area contributed by atoms with E-state index in [-0.39, 0.29) is 11.3 Å². The minimum absolute atomic E-state index is 0.0271. The normalized spacial score (nSPS) is 10.7. The number of rotatable bonds is 2. The van der Waals surface area contributed by atoms with Crippen LogP contribution in [-0.2, 0) is 0 Å². The molecule has 94 valence electrons. The Morgan fingerprint density at radius 1 is 1.16 bits per heavy atom. The molecule has 0 unspecified atom stereocenters. The van der Waals surface area contributed by atoms with E-state index in [2.05, 4.69) is 4.98 Å². The van der Waals surface area contributed by atoms with E-state index in [1.165, 1.54) is 29.5 Å². The molecule has 0 radical (unpaired) electrons. The number of para-hydroxylation sites is 1. The molecule has 3 rings (SSSR count). The maximum atomic E-state index is 11.2. The Kier molecular flexibility index (Phi) is 2.68. The average molecular weight is 271 g/mol. The summed E-state index contributed by atoms with van der Waals surface area (Å²) >= 11 is 1.41. The Labute approximate surface area is 112 Å². The first-order valence-electron chi connectivity index (χ1n) is 5.57. The Balaban J connectivity index is 2.25. The van der Waals surface area contributed by atoms with Crippen LogP contribution in [-0.4, -0.2) is 21.2 Å². The minimum Gasteiger partial charge on any atom is -0.508 e. The predicted octanol–water partition coefficient (Wildman–Crippen LogP) is 3.37. The second-order valence-electron chi connectivity index (χ2n) is 4.02. The lowest BCUT2D eigenvalue weighted by Crippen LogP contribution is -1.98. The smallest absolute Gasteiger partial charge is 0.336 e. The van der Waals surface area contributed by atoms with Crippen LogP contribution in [0.4, 0.5) is 0 Å². The number of aromatic nitrogens is 1. The van der Waals surface area contributed by atoms with Gasteiger partial charge in [0.25, 0.3) is 0 Å². The van der Waals surface area contributed by atoms with Gasteiger partial charge in [-0.15, -0.1) is 11.3 Å². The summed E-state index contributed by atoms with van der Waals surface area (Å²) in [4.78, 5) is 15.6. The molecule has 0 amide bonds. The van der Waals surface area contributed by atoms with Gasteiger partial charge in [0.1, 0.15) is 10.8 Å². The van der Waals surface area contributed by atoms with Crippen molar-refractivity contribution in [2.75, 3.05) is 0 Å². The lowest BCUT2D eigenvalue weighted by Gasteiger charge is -2.03. The fourth-order valence-electron chi connectivity index (χ4n) is 1.88. The van der Waals surface area contributed by atoms with E-state index < -0.39 is 5.97 Å². The number of thiazole rings is 1. The van der Waals surface area contributed by atoms with Crippen LogP contribution in [0.2, 0.25) is 0 Å². The summed E-state index contributed by atoms with van der Waals surface area (Å²) in [6.07, 6.45) is 0. The summed E-state index contributed by atoms with van der Waals surface area (Å²) in [5, 5.41) is 19.3. The highest BCUT2D eigenvalue weighted by Crippen LogP contribution is 2.33. The lowest BCUT2D eigenvalue weighted by atomic mass is 10.1. The highest BCUT2D eigenvalue weighted by Gasteiger charge is 2.15. The van der Waals surface area contributed by atoms with Crippen molar-refractivity contribution in [3.63, 3.8) is 0 Å². The van der Waals surface area contributed by atoms with Crippen LogP contribution in [0, 0.1) is 0 Å². The third kappa shape index (κ3) is 2.04. The van der Waals surface area contributed by atoms with Gasteiger partial charge >= 0.3 is 5.97 Å². The third-order valence-corrected chi connectivity index (χ3v) is 3.83. The monoisotopic (exact) mass is 271 g/mol. The standard InChI is InChI=1S/C14H9NO3S/c16-8-5-6-9(14(17)18)10(7-8)13-15-11-3-1-2-4-12(11)19-13/h1-7,16H,(H,17,18). The van der Waals surface area contributed by atoms with Crippen molar-refractivity contribution in [3.05, 3.63) is 48.0 Å². The summed E-state index contributed by atoms with van der Waals surface area (Å²) in [7, 11) is 0. The molecular weight excluding hydrogens is 262 g/mol. The molecular formula is C14H9NO3S. The SMILES string of the molecule is O=C(O)c1ccc(O)cc1-c1nc2ccccc2s1. The Bertz CT molecular complexity index is 746. The minimum atomic E-state index is -1.03. The number of aromatic carboxylic acids is 1. The molecule has 0 aliphatic heterocycles. The van der Waals surface area contributed by atoms with Crippen LogP contribution < -0.4 is 0 Å². The molecule has 19 heavy (non-hydrogen) atoms. The number of carboxylic acid groups (broad SMARTS) is 1. The Morgan fingerprint density at radius 2 is 1.95 bits per heavy atom. The summed E-state index contributed by atoms with van der Waals surface area (Å²) in [5.74, 6) is -1.01. The van der Waals surface area contributed by atoms with E-state index in [0.717, 1.165) is 10.2 Å². The van der Waals surface area contributed by atoms with Gasteiger partial charge in [-0.25, -0.2) is 9.78 Å². The maximum absolute atomic E-state index is 11.2. The van der Waals surface area contributed by atoms with Crippen molar-refractivity contribution in [2.45, 2.75) is 0 Å². The number of aromatic hydroxyl groups is 1. The van der Waals surface area contributed by atoms with Gasteiger partial charge < -0.3 is 10.2 Å². The van der Waals surface area contributed by atoms with Crippen molar-refractivity contribution < 1.29 is 15.0 Å². The summed E-state index contributed by atoms with van der Waals surface area (Å²) in [6, 6.07) is 11.8. The van der Waals surface area contributed by atoms with Gasteiger partial charge in [-0.2, -0.15) is 0 Å². The first-order valence-corrected chi connectivity index (χ1v) is 6.39. The molecule has 0 fully saturated rings. The molecule has 5 heteroatoms. The number of phenols is 1. The Hall–Kier alpha value is -2.40. The number of nitrogens with zero attached hydrogens (tertiary/aromatic N) is 1. The van der Waals surface area contributed by atoms with Crippen LogP contribution in [0.3, 0.4) is 0 Å². The molecule has 2 aromatic carbocycles. The van der Waals surface area contributed by atoms with Gasteiger partial charge in [0.05, 0.1) is 15.8 Å². The number of phenolic OH excluding ortho intramolecular Hbond substituents is 1. The van der Waals surface area contributed by atoms with Crippen LogP contribution >= 0.6 is 11.3 Å². The quantitative estimate of drug-likeness (QED) is 0.749. The van der Waals surface area contributed by atoms with Crippen molar-refractivity contribution in [2.24, 2.45) is 0 Å².